The second-order valence-corrected chi connectivity index (χ2v) is 4.13. The molecular formula is C13H17N3O2. The summed E-state index contributed by atoms with van der Waals surface area (Å²) in [7, 11) is 0. The van der Waals surface area contributed by atoms with E-state index in [0.29, 0.717) is 24.0 Å². The highest BCUT2D eigenvalue weighted by atomic mass is 16.5. The van der Waals surface area contributed by atoms with Gasteiger partial charge in [0.2, 0.25) is 5.89 Å². The van der Waals surface area contributed by atoms with Gasteiger partial charge in [-0.1, -0.05) is 30.3 Å². The number of aromatic hydroxyl groups is 1. The largest absolute Gasteiger partial charge is 0.508 e. The molecule has 2 rings (SSSR count). The highest BCUT2D eigenvalue weighted by Gasteiger charge is 2.13. The van der Waals surface area contributed by atoms with Crippen LogP contribution >= 0.6 is 0 Å². The van der Waals surface area contributed by atoms with Crippen LogP contribution in [-0.2, 0) is 6.54 Å². The summed E-state index contributed by atoms with van der Waals surface area (Å²) in [5, 5.41) is 17.0. The number of nitrogens with one attached hydrogen (secondary N) is 1. The lowest BCUT2D eigenvalue weighted by atomic mass is 10.0. The Labute approximate surface area is 106 Å². The number of phenolic OH excluding ortho intramolecular Hbond substituents is 1. The van der Waals surface area contributed by atoms with Crippen molar-refractivity contribution in [2.75, 3.05) is 0 Å². The van der Waals surface area contributed by atoms with Crippen LogP contribution < -0.4 is 5.32 Å². The molecule has 18 heavy (non-hydrogen) atoms. The summed E-state index contributed by atoms with van der Waals surface area (Å²) in [6.07, 6.45) is 0.869. The summed E-state index contributed by atoms with van der Waals surface area (Å²) >= 11 is 0. The Hall–Kier alpha value is -1.88. The number of aryl methyl sites for hydroxylation is 1. The molecule has 2 N–H and O–H groups in total. The molecule has 1 unspecified atom stereocenters. The Morgan fingerprint density at radius 1 is 1.39 bits per heavy atom. The predicted octanol–water partition coefficient (Wildman–Crippen LogP) is 2.32. The molecule has 1 heterocycles. The number of benzene rings is 1. The molecule has 5 nitrogen and oxygen atoms in total. The van der Waals surface area contributed by atoms with Gasteiger partial charge in [-0.2, -0.15) is 4.98 Å². The number of rotatable bonds is 5. The molecule has 0 aliphatic rings. The van der Waals surface area contributed by atoms with E-state index in [1.54, 1.807) is 13.0 Å². The standard InChI is InChI=1S/C13H17N3O2/c1-3-11(10-6-4-5-7-12(10)17)14-8-13-15-9(2)18-16-13/h4-7,11,14,17H,3,8H2,1-2H3. The first-order valence-corrected chi connectivity index (χ1v) is 6.01. The van der Waals surface area contributed by atoms with Crippen molar-refractivity contribution in [3.63, 3.8) is 0 Å². The molecule has 5 heteroatoms. The van der Waals surface area contributed by atoms with Crippen molar-refractivity contribution >= 4 is 0 Å². The fourth-order valence-corrected chi connectivity index (χ4v) is 1.88. The molecule has 0 saturated heterocycles. The lowest BCUT2D eigenvalue weighted by molar-refractivity contribution is 0.382. The summed E-state index contributed by atoms with van der Waals surface area (Å²) in [6.45, 7) is 4.34. The predicted molar refractivity (Wildman–Crippen MR) is 67.0 cm³/mol. The van der Waals surface area contributed by atoms with Crippen LogP contribution in [0.3, 0.4) is 0 Å². The Balaban J connectivity index is 2.04. The quantitative estimate of drug-likeness (QED) is 0.848. The second kappa shape index (κ2) is 5.64. The van der Waals surface area contributed by atoms with E-state index in [0.717, 1.165) is 12.0 Å². The Morgan fingerprint density at radius 2 is 2.17 bits per heavy atom. The van der Waals surface area contributed by atoms with Gasteiger partial charge in [-0.05, 0) is 12.5 Å². The smallest absolute Gasteiger partial charge is 0.223 e. The van der Waals surface area contributed by atoms with Crippen LogP contribution in [-0.4, -0.2) is 15.2 Å². The van der Waals surface area contributed by atoms with Crippen molar-refractivity contribution in [2.45, 2.75) is 32.9 Å². The molecular weight excluding hydrogens is 230 g/mol. The first-order valence-electron chi connectivity index (χ1n) is 6.01. The molecule has 0 fully saturated rings. The van der Waals surface area contributed by atoms with Gasteiger partial charge in [-0.3, -0.25) is 0 Å². The van der Waals surface area contributed by atoms with E-state index in [2.05, 4.69) is 22.4 Å². The van der Waals surface area contributed by atoms with E-state index in [4.69, 9.17) is 4.52 Å². The van der Waals surface area contributed by atoms with Gasteiger partial charge in [0, 0.05) is 18.5 Å². The monoisotopic (exact) mass is 247 g/mol. The summed E-state index contributed by atoms with van der Waals surface area (Å²) in [5.41, 5.74) is 0.889. The first kappa shape index (κ1) is 12.6. The SMILES string of the molecule is CCC(NCc1noc(C)n1)c1ccccc1O. The Kier molecular flexibility index (Phi) is 3.94. The molecule has 2 aromatic rings. The van der Waals surface area contributed by atoms with Crippen LogP contribution in [0.2, 0.25) is 0 Å². The molecule has 1 aromatic carbocycles. The van der Waals surface area contributed by atoms with E-state index in [-0.39, 0.29) is 6.04 Å². The van der Waals surface area contributed by atoms with Gasteiger partial charge in [0.05, 0.1) is 6.54 Å². The zero-order valence-electron chi connectivity index (χ0n) is 10.6. The summed E-state index contributed by atoms with van der Waals surface area (Å²) in [5.74, 6) is 1.49. The summed E-state index contributed by atoms with van der Waals surface area (Å²) in [4.78, 5) is 4.13. The van der Waals surface area contributed by atoms with Crippen molar-refractivity contribution in [3.05, 3.63) is 41.5 Å². The van der Waals surface area contributed by atoms with E-state index in [1.165, 1.54) is 0 Å². The third-order valence-corrected chi connectivity index (χ3v) is 2.80. The zero-order valence-corrected chi connectivity index (χ0v) is 10.6. The topological polar surface area (TPSA) is 71.2 Å². The van der Waals surface area contributed by atoms with E-state index in [1.807, 2.05) is 18.2 Å². The number of aromatic nitrogens is 2. The molecule has 0 aliphatic heterocycles. The molecule has 0 spiro atoms. The Bertz CT molecular complexity index is 510. The van der Waals surface area contributed by atoms with E-state index >= 15 is 0 Å². The van der Waals surface area contributed by atoms with Crippen LogP contribution in [0.25, 0.3) is 0 Å². The molecule has 0 bridgehead atoms. The number of hydrogen-bond acceptors (Lipinski definition) is 5. The fraction of sp³-hybridized carbons (Fsp3) is 0.385. The lowest BCUT2D eigenvalue weighted by Crippen LogP contribution is -2.21. The molecule has 96 valence electrons. The fourth-order valence-electron chi connectivity index (χ4n) is 1.88. The maximum absolute atomic E-state index is 9.82. The first-order chi connectivity index (χ1) is 8.70. The number of para-hydroxylation sites is 1. The molecule has 0 radical (unpaired) electrons. The minimum atomic E-state index is 0.0741. The molecule has 0 amide bonds. The Morgan fingerprint density at radius 3 is 2.78 bits per heavy atom. The molecule has 1 aromatic heterocycles. The zero-order chi connectivity index (χ0) is 13.0. The maximum atomic E-state index is 9.82. The molecule has 1 atom stereocenters. The third-order valence-electron chi connectivity index (χ3n) is 2.80. The van der Waals surface area contributed by atoms with Crippen molar-refractivity contribution in [2.24, 2.45) is 0 Å². The maximum Gasteiger partial charge on any atom is 0.223 e. The average molecular weight is 247 g/mol. The van der Waals surface area contributed by atoms with Crippen LogP contribution in [0.1, 0.15) is 36.7 Å². The van der Waals surface area contributed by atoms with Crippen molar-refractivity contribution in [3.8, 4) is 5.75 Å². The minimum Gasteiger partial charge on any atom is -0.508 e. The number of hydrogen-bond donors (Lipinski definition) is 2. The van der Waals surface area contributed by atoms with Crippen molar-refractivity contribution in [1.82, 2.24) is 15.5 Å². The van der Waals surface area contributed by atoms with Gasteiger partial charge in [0.25, 0.3) is 0 Å². The number of nitrogens with zero attached hydrogens (tertiary/aromatic N) is 2. The summed E-state index contributed by atoms with van der Waals surface area (Å²) in [6, 6.07) is 7.41. The van der Waals surface area contributed by atoms with Gasteiger partial charge >= 0.3 is 0 Å². The van der Waals surface area contributed by atoms with Crippen LogP contribution in [0, 0.1) is 6.92 Å². The lowest BCUT2D eigenvalue weighted by Gasteiger charge is -2.17. The highest BCUT2D eigenvalue weighted by Crippen LogP contribution is 2.25. The third kappa shape index (κ3) is 2.87. The van der Waals surface area contributed by atoms with Gasteiger partial charge < -0.3 is 14.9 Å². The summed E-state index contributed by atoms with van der Waals surface area (Å²) < 4.78 is 4.91. The van der Waals surface area contributed by atoms with Gasteiger partial charge in [-0.25, -0.2) is 0 Å². The molecule has 0 aliphatic carbocycles. The van der Waals surface area contributed by atoms with Crippen molar-refractivity contribution in [1.29, 1.82) is 0 Å². The minimum absolute atomic E-state index is 0.0741. The number of phenols is 1. The van der Waals surface area contributed by atoms with Gasteiger partial charge in [0.15, 0.2) is 5.82 Å². The molecule has 0 saturated carbocycles. The van der Waals surface area contributed by atoms with Crippen LogP contribution in [0.5, 0.6) is 5.75 Å². The second-order valence-electron chi connectivity index (χ2n) is 4.13. The van der Waals surface area contributed by atoms with Crippen LogP contribution in [0.4, 0.5) is 0 Å². The van der Waals surface area contributed by atoms with E-state index in [9.17, 15) is 5.11 Å². The highest BCUT2D eigenvalue weighted by molar-refractivity contribution is 5.34. The van der Waals surface area contributed by atoms with Crippen LogP contribution in [0.15, 0.2) is 28.8 Å². The average Bonchev–Trinajstić information content (AvgIpc) is 2.78. The van der Waals surface area contributed by atoms with Gasteiger partial charge in [-0.15, -0.1) is 0 Å². The van der Waals surface area contributed by atoms with Gasteiger partial charge in [0.1, 0.15) is 5.75 Å². The van der Waals surface area contributed by atoms with Crippen molar-refractivity contribution < 1.29 is 9.63 Å². The van der Waals surface area contributed by atoms with E-state index < -0.39 is 0 Å². The normalized spacial score (nSPS) is 12.6.